The number of piperazine rings is 1. The van der Waals surface area contributed by atoms with Gasteiger partial charge in [0, 0.05) is 44.3 Å². The highest BCUT2D eigenvalue weighted by Crippen LogP contribution is 2.25. The van der Waals surface area contributed by atoms with Crippen molar-refractivity contribution in [3.8, 4) is 0 Å². The molecule has 1 aromatic carbocycles. The molecule has 32 heavy (non-hydrogen) atoms. The maximum Gasteiger partial charge on any atom is 0.414 e. The maximum atomic E-state index is 12.9. The van der Waals surface area contributed by atoms with Crippen LogP contribution in [0.15, 0.2) is 18.2 Å². The Balaban J connectivity index is 0.000000534. The summed E-state index contributed by atoms with van der Waals surface area (Å²) in [5.41, 5.74) is 4.04. The number of hydrogen-bond acceptors (Lipinski definition) is 5. The van der Waals surface area contributed by atoms with Gasteiger partial charge in [-0.3, -0.25) is 4.79 Å². The lowest BCUT2D eigenvalue weighted by atomic mass is 9.94. The number of hydrogen-bond donors (Lipinski definition) is 2. The molecule has 0 saturated carbocycles. The smallest absolute Gasteiger partial charge is 0.414 e. The van der Waals surface area contributed by atoms with Crippen molar-refractivity contribution < 1.29 is 24.6 Å². The molecule has 1 amide bonds. The van der Waals surface area contributed by atoms with Crippen molar-refractivity contribution in [1.29, 1.82) is 0 Å². The number of aliphatic carboxylic acids is 2. The molecule has 8 nitrogen and oxygen atoms in total. The normalized spacial score (nSPS) is 17.7. The lowest BCUT2D eigenvalue weighted by molar-refractivity contribution is -0.159. The van der Waals surface area contributed by atoms with E-state index in [4.69, 9.17) is 19.8 Å². The summed E-state index contributed by atoms with van der Waals surface area (Å²) in [6.45, 7) is 15.8. The van der Waals surface area contributed by atoms with Crippen molar-refractivity contribution in [3.63, 3.8) is 0 Å². The van der Waals surface area contributed by atoms with Crippen LogP contribution in [0.3, 0.4) is 0 Å². The first kappa shape index (κ1) is 25.6. The number of amides is 1. The summed E-state index contributed by atoms with van der Waals surface area (Å²) < 4.78 is 0. The summed E-state index contributed by atoms with van der Waals surface area (Å²) in [7, 11) is 0. The number of piperidine rings is 1. The quantitative estimate of drug-likeness (QED) is 0.684. The van der Waals surface area contributed by atoms with Crippen molar-refractivity contribution in [2.75, 3.05) is 50.7 Å². The second kappa shape index (κ2) is 11.9. The number of rotatable bonds is 4. The van der Waals surface area contributed by atoms with Gasteiger partial charge in [0.05, 0.1) is 0 Å². The van der Waals surface area contributed by atoms with E-state index in [0.717, 1.165) is 58.7 Å². The summed E-state index contributed by atoms with van der Waals surface area (Å²) in [5.74, 6) is -2.30. The van der Waals surface area contributed by atoms with Gasteiger partial charge >= 0.3 is 11.9 Å². The number of nitrogens with zero attached hydrogens (tertiary/aromatic N) is 3. The number of likely N-dealkylation sites (tertiary alicyclic amines) is 1. The zero-order chi connectivity index (χ0) is 23.8. The van der Waals surface area contributed by atoms with Crippen molar-refractivity contribution >= 4 is 23.5 Å². The van der Waals surface area contributed by atoms with Gasteiger partial charge in [-0.15, -0.1) is 0 Å². The van der Waals surface area contributed by atoms with Gasteiger partial charge in [0.1, 0.15) is 0 Å². The Morgan fingerprint density at radius 3 is 2.00 bits per heavy atom. The minimum atomic E-state index is -1.82. The van der Waals surface area contributed by atoms with Crippen LogP contribution in [0.25, 0.3) is 0 Å². The van der Waals surface area contributed by atoms with E-state index in [1.54, 1.807) is 0 Å². The van der Waals surface area contributed by atoms with Crippen LogP contribution in [0.1, 0.15) is 37.8 Å². The number of aryl methyl sites for hydroxylation is 1. The zero-order valence-corrected chi connectivity index (χ0v) is 19.7. The summed E-state index contributed by atoms with van der Waals surface area (Å²) in [6, 6.07) is 6.52. The van der Waals surface area contributed by atoms with E-state index in [9.17, 15) is 4.79 Å². The second-order valence-corrected chi connectivity index (χ2v) is 9.11. The second-order valence-electron chi connectivity index (χ2n) is 9.11. The summed E-state index contributed by atoms with van der Waals surface area (Å²) in [5, 5.41) is 14.8. The first-order chi connectivity index (χ1) is 15.1. The Kier molecular flexibility index (Phi) is 9.50. The highest BCUT2D eigenvalue weighted by atomic mass is 16.4. The fourth-order valence-electron chi connectivity index (χ4n) is 4.38. The van der Waals surface area contributed by atoms with Crippen molar-refractivity contribution in [1.82, 2.24) is 9.80 Å². The topological polar surface area (TPSA) is 101 Å². The average molecular weight is 448 g/mol. The molecule has 2 aliphatic heterocycles. The minimum Gasteiger partial charge on any atom is -0.473 e. The first-order valence-electron chi connectivity index (χ1n) is 11.4. The molecule has 0 unspecified atom stereocenters. The number of carboxylic acids is 2. The van der Waals surface area contributed by atoms with E-state index in [2.05, 4.69) is 60.6 Å². The molecule has 2 N–H and O–H groups in total. The molecule has 0 spiro atoms. The minimum absolute atomic E-state index is 0.241. The van der Waals surface area contributed by atoms with Crippen LogP contribution in [0.2, 0.25) is 0 Å². The number of anilines is 1. The molecular formula is C24H37N3O5. The van der Waals surface area contributed by atoms with Crippen LogP contribution in [-0.2, 0) is 14.4 Å². The fraction of sp³-hybridized carbons (Fsp3) is 0.625. The predicted octanol–water partition coefficient (Wildman–Crippen LogP) is 2.48. The van der Waals surface area contributed by atoms with E-state index >= 15 is 0 Å². The molecule has 2 aliphatic rings. The number of carbonyl (C=O) groups is 3. The first-order valence-corrected chi connectivity index (χ1v) is 11.4. The van der Waals surface area contributed by atoms with Crippen molar-refractivity contribution in [2.45, 2.75) is 40.5 Å². The molecule has 178 valence electrons. The third-order valence-electron chi connectivity index (χ3n) is 6.25. The van der Waals surface area contributed by atoms with Crippen molar-refractivity contribution in [3.05, 3.63) is 29.3 Å². The van der Waals surface area contributed by atoms with Gasteiger partial charge < -0.3 is 24.9 Å². The molecule has 0 aromatic heterocycles. The lowest BCUT2D eigenvalue weighted by Gasteiger charge is -2.40. The highest BCUT2D eigenvalue weighted by Gasteiger charge is 2.30. The molecule has 0 aliphatic carbocycles. The fourth-order valence-corrected chi connectivity index (χ4v) is 4.38. The molecule has 2 fully saturated rings. The molecule has 0 bridgehead atoms. The molecular weight excluding hydrogens is 410 g/mol. The zero-order valence-electron chi connectivity index (χ0n) is 19.7. The molecule has 3 rings (SSSR count). The maximum absolute atomic E-state index is 12.9. The summed E-state index contributed by atoms with van der Waals surface area (Å²) >= 11 is 0. The Hall–Kier alpha value is -2.61. The largest absolute Gasteiger partial charge is 0.473 e. The van der Waals surface area contributed by atoms with Gasteiger partial charge in [0.25, 0.3) is 0 Å². The van der Waals surface area contributed by atoms with Crippen LogP contribution in [0.5, 0.6) is 0 Å². The van der Waals surface area contributed by atoms with E-state index in [1.165, 1.54) is 16.8 Å². The average Bonchev–Trinajstić information content (AvgIpc) is 2.76. The molecule has 2 saturated heterocycles. The van der Waals surface area contributed by atoms with Gasteiger partial charge in [-0.2, -0.15) is 0 Å². The molecule has 2 heterocycles. The Labute approximate surface area is 190 Å². The van der Waals surface area contributed by atoms with Crippen molar-refractivity contribution in [2.24, 2.45) is 11.8 Å². The molecule has 8 heteroatoms. The molecule has 1 aromatic rings. The van der Waals surface area contributed by atoms with Gasteiger partial charge in [-0.05, 0) is 62.9 Å². The van der Waals surface area contributed by atoms with E-state index in [-0.39, 0.29) is 5.92 Å². The van der Waals surface area contributed by atoms with Crippen LogP contribution in [-0.4, -0.2) is 83.7 Å². The third kappa shape index (κ3) is 7.22. The Morgan fingerprint density at radius 2 is 1.50 bits per heavy atom. The van der Waals surface area contributed by atoms with Gasteiger partial charge in [-0.25, -0.2) is 9.59 Å². The van der Waals surface area contributed by atoms with E-state index < -0.39 is 11.9 Å². The molecule has 0 atom stereocenters. The summed E-state index contributed by atoms with van der Waals surface area (Å²) in [4.78, 5) is 38.2. The van der Waals surface area contributed by atoms with E-state index in [1.807, 2.05) is 0 Å². The third-order valence-corrected chi connectivity index (χ3v) is 6.25. The number of carboxylic acid groups (broad SMARTS) is 2. The Morgan fingerprint density at radius 1 is 0.938 bits per heavy atom. The highest BCUT2D eigenvalue weighted by molar-refractivity contribution is 6.27. The van der Waals surface area contributed by atoms with Gasteiger partial charge in [0.2, 0.25) is 5.91 Å². The molecule has 0 radical (unpaired) electrons. The lowest BCUT2D eigenvalue weighted by Crippen LogP contribution is -2.52. The predicted molar refractivity (Wildman–Crippen MR) is 124 cm³/mol. The summed E-state index contributed by atoms with van der Waals surface area (Å²) in [6.07, 6.45) is 2.06. The van der Waals surface area contributed by atoms with Crippen LogP contribution in [0.4, 0.5) is 5.69 Å². The van der Waals surface area contributed by atoms with Gasteiger partial charge in [-0.1, -0.05) is 26.0 Å². The SMILES string of the molecule is Cc1cccc(N2CCN(C(=O)C3CCN(CC(C)C)CC3)CC2)c1C.O=C(O)C(=O)O. The number of benzene rings is 1. The standard InChI is InChI=1S/C22H35N3O.C2H2O4/c1-17(2)16-23-10-8-20(9-11-23)22(26)25-14-12-24(13-15-25)21-7-5-6-18(3)19(21)4;3-1(4)2(5)6/h5-7,17,20H,8-16H2,1-4H3;(H,3,4)(H,5,6). The van der Waals surface area contributed by atoms with Gasteiger partial charge in [0.15, 0.2) is 0 Å². The van der Waals surface area contributed by atoms with Crippen LogP contribution in [0, 0.1) is 25.7 Å². The number of carbonyl (C=O) groups excluding carboxylic acids is 1. The Bertz CT molecular complexity index is 783. The van der Waals surface area contributed by atoms with Crippen LogP contribution >= 0.6 is 0 Å². The van der Waals surface area contributed by atoms with E-state index in [0.29, 0.717) is 11.8 Å². The van der Waals surface area contributed by atoms with Crippen LogP contribution < -0.4 is 4.90 Å². The monoisotopic (exact) mass is 447 g/mol.